The summed E-state index contributed by atoms with van der Waals surface area (Å²) in [4.78, 5) is 0. The molecule has 0 atom stereocenters. The summed E-state index contributed by atoms with van der Waals surface area (Å²) in [6.45, 7) is 0.950. The topological polar surface area (TPSA) is 21.3 Å². The first-order valence-corrected chi connectivity index (χ1v) is 6.87. The third-order valence-corrected chi connectivity index (χ3v) is 3.72. The molecule has 1 aromatic rings. The number of rotatable bonds is 4. The van der Waals surface area contributed by atoms with E-state index in [1.165, 1.54) is 51.7 Å². The minimum Gasteiger partial charge on any atom is -0.494 e. The summed E-state index contributed by atoms with van der Waals surface area (Å²) in [5.74, 6) is 0.732. The minimum atomic E-state index is -0.302. The highest BCUT2D eigenvalue weighted by molar-refractivity contribution is 5.47. The van der Waals surface area contributed by atoms with Gasteiger partial charge in [0.1, 0.15) is 0 Å². The maximum Gasteiger partial charge on any atom is 0.167 e. The van der Waals surface area contributed by atoms with Gasteiger partial charge in [0, 0.05) is 18.3 Å². The van der Waals surface area contributed by atoms with E-state index in [0.717, 1.165) is 18.2 Å². The van der Waals surface area contributed by atoms with Gasteiger partial charge >= 0.3 is 0 Å². The van der Waals surface area contributed by atoms with Crippen molar-refractivity contribution in [2.75, 3.05) is 19.0 Å². The van der Waals surface area contributed by atoms with Crippen LogP contribution in [0.1, 0.15) is 38.5 Å². The molecule has 1 N–H and O–H groups in total. The molecule has 1 aliphatic carbocycles. The van der Waals surface area contributed by atoms with Crippen LogP contribution in [0.4, 0.5) is 10.1 Å². The summed E-state index contributed by atoms with van der Waals surface area (Å²) in [5.41, 5.74) is 0.845. The first-order valence-electron chi connectivity index (χ1n) is 6.87. The quantitative estimate of drug-likeness (QED) is 0.809. The van der Waals surface area contributed by atoms with Crippen LogP contribution in [0.15, 0.2) is 18.2 Å². The van der Waals surface area contributed by atoms with E-state index in [-0.39, 0.29) is 5.82 Å². The van der Waals surface area contributed by atoms with Crippen LogP contribution < -0.4 is 10.1 Å². The molecule has 0 bridgehead atoms. The average molecular weight is 251 g/mol. The van der Waals surface area contributed by atoms with Crippen molar-refractivity contribution in [2.45, 2.75) is 38.5 Å². The summed E-state index contributed by atoms with van der Waals surface area (Å²) in [6, 6.07) is 5.05. The van der Waals surface area contributed by atoms with Gasteiger partial charge in [0.2, 0.25) is 0 Å². The van der Waals surface area contributed by atoms with Crippen LogP contribution in [0.5, 0.6) is 5.75 Å². The summed E-state index contributed by atoms with van der Waals surface area (Å²) in [7, 11) is 1.48. The maximum atomic E-state index is 13.5. The Morgan fingerprint density at radius 3 is 2.56 bits per heavy atom. The van der Waals surface area contributed by atoms with Crippen molar-refractivity contribution in [1.29, 1.82) is 0 Å². The van der Waals surface area contributed by atoms with Crippen LogP contribution in [0.2, 0.25) is 0 Å². The van der Waals surface area contributed by atoms with Gasteiger partial charge < -0.3 is 10.1 Å². The smallest absolute Gasteiger partial charge is 0.167 e. The molecule has 0 amide bonds. The first kappa shape index (κ1) is 13.2. The lowest BCUT2D eigenvalue weighted by atomic mass is 10.0. The van der Waals surface area contributed by atoms with Crippen LogP contribution >= 0.6 is 0 Å². The fourth-order valence-electron chi connectivity index (χ4n) is 2.61. The third kappa shape index (κ3) is 3.62. The Balaban J connectivity index is 1.87. The van der Waals surface area contributed by atoms with Crippen LogP contribution in [0.3, 0.4) is 0 Å². The second kappa shape index (κ2) is 6.62. The molecule has 2 rings (SSSR count). The Labute approximate surface area is 109 Å². The van der Waals surface area contributed by atoms with Crippen molar-refractivity contribution in [1.82, 2.24) is 0 Å². The summed E-state index contributed by atoms with van der Waals surface area (Å²) >= 11 is 0. The molecular formula is C15H22FNO. The van der Waals surface area contributed by atoms with Crippen LogP contribution in [-0.4, -0.2) is 13.7 Å². The van der Waals surface area contributed by atoms with Gasteiger partial charge in [-0.25, -0.2) is 4.39 Å². The molecule has 0 saturated heterocycles. The monoisotopic (exact) mass is 251 g/mol. The SMILES string of the molecule is COc1ccc(NCC2CCCCCC2)cc1F. The van der Waals surface area contributed by atoms with Crippen molar-refractivity contribution >= 4 is 5.69 Å². The Morgan fingerprint density at radius 2 is 1.94 bits per heavy atom. The number of hydrogen-bond acceptors (Lipinski definition) is 2. The lowest BCUT2D eigenvalue weighted by Crippen LogP contribution is -2.13. The number of anilines is 1. The Hall–Kier alpha value is -1.25. The molecule has 0 aromatic heterocycles. The molecule has 18 heavy (non-hydrogen) atoms. The van der Waals surface area contributed by atoms with E-state index in [2.05, 4.69) is 5.32 Å². The number of nitrogens with one attached hydrogen (secondary N) is 1. The number of ether oxygens (including phenoxy) is 1. The number of benzene rings is 1. The number of methoxy groups -OCH3 is 1. The van der Waals surface area contributed by atoms with Crippen molar-refractivity contribution in [2.24, 2.45) is 5.92 Å². The lowest BCUT2D eigenvalue weighted by Gasteiger charge is -2.16. The fourth-order valence-corrected chi connectivity index (χ4v) is 2.61. The predicted octanol–water partition coefficient (Wildman–Crippen LogP) is 4.22. The fraction of sp³-hybridized carbons (Fsp3) is 0.600. The van der Waals surface area contributed by atoms with E-state index in [0.29, 0.717) is 5.75 Å². The van der Waals surface area contributed by atoms with Gasteiger partial charge in [-0.1, -0.05) is 25.7 Å². The highest BCUT2D eigenvalue weighted by Gasteiger charge is 2.12. The molecule has 1 saturated carbocycles. The molecule has 0 unspecified atom stereocenters. The second-order valence-corrected chi connectivity index (χ2v) is 5.09. The summed E-state index contributed by atoms with van der Waals surface area (Å²) in [5, 5.41) is 3.34. The number of halogens is 1. The molecule has 0 spiro atoms. The molecule has 1 aromatic carbocycles. The van der Waals surface area contributed by atoms with Crippen LogP contribution in [0, 0.1) is 11.7 Å². The zero-order valence-electron chi connectivity index (χ0n) is 11.0. The highest BCUT2D eigenvalue weighted by atomic mass is 19.1. The van der Waals surface area contributed by atoms with Gasteiger partial charge in [-0.3, -0.25) is 0 Å². The molecule has 2 nitrogen and oxygen atoms in total. The summed E-state index contributed by atoms with van der Waals surface area (Å²) in [6.07, 6.45) is 8.01. The first-order chi connectivity index (χ1) is 8.79. The van der Waals surface area contributed by atoms with E-state index in [1.807, 2.05) is 6.07 Å². The zero-order valence-corrected chi connectivity index (χ0v) is 11.0. The van der Waals surface area contributed by atoms with Crippen LogP contribution in [-0.2, 0) is 0 Å². The van der Waals surface area contributed by atoms with E-state index in [4.69, 9.17) is 4.74 Å². The molecule has 1 aliphatic rings. The van der Waals surface area contributed by atoms with Gasteiger partial charge in [-0.2, -0.15) is 0 Å². The van der Waals surface area contributed by atoms with Gasteiger partial charge in [0.25, 0.3) is 0 Å². The highest BCUT2D eigenvalue weighted by Crippen LogP contribution is 2.24. The normalized spacial score (nSPS) is 17.2. The molecule has 3 heteroatoms. The number of hydrogen-bond donors (Lipinski definition) is 1. The van der Waals surface area contributed by atoms with Crippen molar-refractivity contribution in [3.05, 3.63) is 24.0 Å². The third-order valence-electron chi connectivity index (χ3n) is 3.72. The molecule has 100 valence electrons. The molecule has 0 aliphatic heterocycles. The van der Waals surface area contributed by atoms with Gasteiger partial charge in [0.05, 0.1) is 7.11 Å². The Bertz CT molecular complexity index is 373. The zero-order chi connectivity index (χ0) is 12.8. The minimum absolute atomic E-state index is 0.301. The average Bonchev–Trinajstić information content (AvgIpc) is 2.65. The van der Waals surface area contributed by atoms with E-state index >= 15 is 0 Å². The van der Waals surface area contributed by atoms with E-state index in [1.54, 1.807) is 6.07 Å². The Kier molecular flexibility index (Phi) is 4.85. The van der Waals surface area contributed by atoms with Crippen LogP contribution in [0.25, 0.3) is 0 Å². The van der Waals surface area contributed by atoms with Gasteiger partial charge in [-0.05, 0) is 30.9 Å². The standard InChI is InChI=1S/C15H22FNO/c1-18-15-9-8-13(10-14(15)16)17-11-12-6-4-2-3-5-7-12/h8-10,12,17H,2-7,11H2,1H3. The molecule has 0 heterocycles. The molecule has 0 radical (unpaired) electrons. The molecular weight excluding hydrogens is 229 g/mol. The molecule has 1 fully saturated rings. The van der Waals surface area contributed by atoms with E-state index < -0.39 is 0 Å². The van der Waals surface area contributed by atoms with Crippen molar-refractivity contribution in [3.8, 4) is 5.75 Å². The van der Waals surface area contributed by atoms with Crippen molar-refractivity contribution in [3.63, 3.8) is 0 Å². The summed E-state index contributed by atoms with van der Waals surface area (Å²) < 4.78 is 18.4. The largest absolute Gasteiger partial charge is 0.494 e. The van der Waals surface area contributed by atoms with Crippen molar-refractivity contribution < 1.29 is 9.13 Å². The Morgan fingerprint density at radius 1 is 1.22 bits per heavy atom. The van der Waals surface area contributed by atoms with E-state index in [9.17, 15) is 4.39 Å². The van der Waals surface area contributed by atoms with Gasteiger partial charge in [0.15, 0.2) is 11.6 Å². The predicted molar refractivity (Wildman–Crippen MR) is 72.6 cm³/mol. The van der Waals surface area contributed by atoms with Gasteiger partial charge in [-0.15, -0.1) is 0 Å². The second-order valence-electron chi connectivity index (χ2n) is 5.09. The lowest BCUT2D eigenvalue weighted by molar-refractivity contribution is 0.386. The maximum absolute atomic E-state index is 13.5.